The second-order valence-electron chi connectivity index (χ2n) is 6.56. The van der Waals surface area contributed by atoms with Crippen LogP contribution < -0.4 is 10.6 Å². The van der Waals surface area contributed by atoms with Crippen LogP contribution in [0.3, 0.4) is 0 Å². The molecule has 0 heterocycles. The van der Waals surface area contributed by atoms with Crippen LogP contribution in [-0.4, -0.2) is 34.9 Å². The number of anilines is 1. The summed E-state index contributed by atoms with van der Waals surface area (Å²) in [5.74, 6) is -0.325. The average Bonchev–Trinajstić information content (AvgIpc) is 2.72. The van der Waals surface area contributed by atoms with E-state index in [0.717, 1.165) is 31.5 Å². The van der Waals surface area contributed by atoms with E-state index in [1.54, 1.807) is 30.3 Å². The number of amides is 2. The minimum atomic E-state index is -0.323. The lowest BCUT2D eigenvalue weighted by Crippen LogP contribution is -2.33. The second kappa shape index (κ2) is 11.8. The Morgan fingerprint density at radius 1 is 1.00 bits per heavy atom. The zero-order chi connectivity index (χ0) is 21.1. The van der Waals surface area contributed by atoms with Crippen molar-refractivity contribution in [3.63, 3.8) is 0 Å². The van der Waals surface area contributed by atoms with E-state index >= 15 is 0 Å². The highest BCUT2D eigenvalue weighted by Crippen LogP contribution is 2.13. The Morgan fingerprint density at radius 2 is 1.69 bits per heavy atom. The van der Waals surface area contributed by atoms with Gasteiger partial charge in [0.15, 0.2) is 5.11 Å². The molecule has 0 fully saturated rings. The van der Waals surface area contributed by atoms with Crippen LogP contribution in [0.2, 0.25) is 0 Å². The van der Waals surface area contributed by atoms with Crippen molar-refractivity contribution in [1.29, 1.82) is 0 Å². The zero-order valence-electron chi connectivity index (χ0n) is 16.9. The van der Waals surface area contributed by atoms with Crippen molar-refractivity contribution >= 4 is 40.9 Å². The highest BCUT2D eigenvalue weighted by atomic mass is 32.1. The van der Waals surface area contributed by atoms with E-state index in [4.69, 9.17) is 12.2 Å². The molecular weight excluding hydrogens is 382 g/mol. The Morgan fingerprint density at radius 3 is 2.34 bits per heavy atom. The summed E-state index contributed by atoms with van der Waals surface area (Å²) in [6.07, 6.45) is 4.97. The molecule has 6 heteroatoms. The summed E-state index contributed by atoms with van der Waals surface area (Å²) < 4.78 is 0. The topological polar surface area (TPSA) is 61.4 Å². The van der Waals surface area contributed by atoms with Gasteiger partial charge in [0.2, 0.25) is 5.91 Å². The summed E-state index contributed by atoms with van der Waals surface area (Å²) in [5, 5.41) is 5.75. The maximum absolute atomic E-state index is 12.7. The summed E-state index contributed by atoms with van der Waals surface area (Å²) in [6.45, 7) is 5.57. The van der Waals surface area contributed by atoms with Crippen molar-refractivity contribution in [2.24, 2.45) is 0 Å². The molecule has 2 aromatic rings. The van der Waals surface area contributed by atoms with Crippen LogP contribution in [0.15, 0.2) is 60.7 Å². The molecule has 0 radical (unpaired) electrons. The highest BCUT2D eigenvalue weighted by molar-refractivity contribution is 7.80. The molecule has 29 heavy (non-hydrogen) atoms. The van der Waals surface area contributed by atoms with E-state index in [1.807, 2.05) is 35.2 Å². The van der Waals surface area contributed by atoms with Gasteiger partial charge in [-0.15, -0.1) is 0 Å². The van der Waals surface area contributed by atoms with Crippen LogP contribution >= 0.6 is 12.2 Å². The molecule has 2 amide bonds. The van der Waals surface area contributed by atoms with Crippen molar-refractivity contribution in [3.05, 3.63) is 71.8 Å². The van der Waals surface area contributed by atoms with Gasteiger partial charge in [0, 0.05) is 30.4 Å². The third-order valence-corrected chi connectivity index (χ3v) is 4.31. The number of benzene rings is 2. The van der Waals surface area contributed by atoms with Gasteiger partial charge in [-0.25, -0.2) is 0 Å². The standard InChI is InChI=1S/C23H27N3O2S/c1-3-15-26(16-4-2)22(28)19-11-8-12-20(17-19)24-23(29)25-21(27)14-13-18-9-6-5-7-10-18/h5-14,17H,3-4,15-16H2,1-2H3,(H2,24,25,27,29)/b14-13+. The van der Waals surface area contributed by atoms with Crippen molar-refractivity contribution in [2.45, 2.75) is 26.7 Å². The number of nitrogens with zero attached hydrogens (tertiary/aromatic N) is 1. The largest absolute Gasteiger partial charge is 0.339 e. The van der Waals surface area contributed by atoms with Gasteiger partial charge in [-0.2, -0.15) is 0 Å². The first-order chi connectivity index (χ1) is 14.0. The highest BCUT2D eigenvalue weighted by Gasteiger charge is 2.14. The predicted octanol–water partition coefficient (Wildman–Crippen LogP) is 4.48. The first kappa shape index (κ1) is 22.3. The minimum Gasteiger partial charge on any atom is -0.339 e. The summed E-state index contributed by atoms with van der Waals surface area (Å²) >= 11 is 5.21. The van der Waals surface area contributed by atoms with Crippen molar-refractivity contribution in [3.8, 4) is 0 Å². The van der Waals surface area contributed by atoms with Crippen LogP contribution in [0.1, 0.15) is 42.6 Å². The third kappa shape index (κ3) is 7.50. The number of nitrogens with one attached hydrogen (secondary N) is 2. The number of thiocarbonyl (C=S) groups is 1. The Kier molecular flexibility index (Phi) is 9.05. The van der Waals surface area contributed by atoms with Gasteiger partial charge in [0.05, 0.1) is 0 Å². The number of hydrogen-bond donors (Lipinski definition) is 2. The molecule has 152 valence electrons. The third-order valence-electron chi connectivity index (χ3n) is 4.11. The first-order valence-electron chi connectivity index (χ1n) is 9.78. The lowest BCUT2D eigenvalue weighted by Gasteiger charge is -2.21. The van der Waals surface area contributed by atoms with Gasteiger partial charge >= 0.3 is 0 Å². The molecule has 2 rings (SSSR count). The normalized spacial score (nSPS) is 10.6. The Hall–Kier alpha value is -2.99. The molecule has 0 unspecified atom stereocenters. The van der Waals surface area contributed by atoms with Crippen molar-refractivity contribution < 1.29 is 9.59 Å². The predicted molar refractivity (Wildman–Crippen MR) is 123 cm³/mol. The summed E-state index contributed by atoms with van der Waals surface area (Å²) in [5.41, 5.74) is 2.17. The average molecular weight is 410 g/mol. The molecule has 0 aliphatic rings. The van der Waals surface area contributed by atoms with Crippen LogP contribution in [0.4, 0.5) is 5.69 Å². The quantitative estimate of drug-likeness (QED) is 0.499. The number of carbonyl (C=O) groups excluding carboxylic acids is 2. The SMILES string of the molecule is CCCN(CCC)C(=O)c1cccc(NC(=S)NC(=O)/C=C/c2ccccc2)c1. The summed E-state index contributed by atoms with van der Waals surface area (Å²) in [6, 6.07) is 16.7. The molecule has 0 atom stereocenters. The maximum atomic E-state index is 12.7. The van der Waals surface area contributed by atoms with Crippen molar-refractivity contribution in [1.82, 2.24) is 10.2 Å². The lowest BCUT2D eigenvalue weighted by atomic mass is 10.1. The fourth-order valence-electron chi connectivity index (χ4n) is 2.82. The summed E-state index contributed by atoms with van der Waals surface area (Å²) in [4.78, 5) is 26.6. The smallest absolute Gasteiger partial charge is 0.253 e. The fourth-order valence-corrected chi connectivity index (χ4v) is 3.04. The first-order valence-corrected chi connectivity index (χ1v) is 10.2. The van der Waals surface area contributed by atoms with Gasteiger partial charge < -0.3 is 10.2 Å². The van der Waals surface area contributed by atoms with Gasteiger partial charge in [-0.3, -0.25) is 14.9 Å². The van der Waals surface area contributed by atoms with Crippen LogP contribution in [-0.2, 0) is 4.79 Å². The van der Waals surface area contributed by atoms with E-state index in [1.165, 1.54) is 6.08 Å². The molecule has 0 saturated heterocycles. The molecule has 2 aromatic carbocycles. The number of hydrogen-bond acceptors (Lipinski definition) is 3. The van der Waals surface area contributed by atoms with Gasteiger partial charge in [0.1, 0.15) is 0 Å². The van der Waals surface area contributed by atoms with E-state index in [-0.39, 0.29) is 16.9 Å². The molecule has 0 aliphatic carbocycles. The van der Waals surface area contributed by atoms with Crippen molar-refractivity contribution in [2.75, 3.05) is 18.4 Å². The molecular formula is C23H27N3O2S. The van der Waals surface area contributed by atoms with Gasteiger partial charge in [-0.05, 0) is 54.9 Å². The van der Waals surface area contributed by atoms with Crippen LogP contribution in [0, 0.1) is 0 Å². The number of rotatable bonds is 8. The zero-order valence-corrected chi connectivity index (χ0v) is 17.7. The maximum Gasteiger partial charge on any atom is 0.253 e. The minimum absolute atomic E-state index is 0.00176. The monoisotopic (exact) mass is 409 g/mol. The summed E-state index contributed by atoms with van der Waals surface area (Å²) in [7, 11) is 0. The van der Waals surface area contributed by atoms with Crippen LogP contribution in [0.25, 0.3) is 6.08 Å². The van der Waals surface area contributed by atoms with E-state index in [9.17, 15) is 9.59 Å². The lowest BCUT2D eigenvalue weighted by molar-refractivity contribution is -0.115. The van der Waals surface area contributed by atoms with Crippen LogP contribution in [0.5, 0.6) is 0 Å². The Labute approximate surface area is 177 Å². The van der Waals surface area contributed by atoms with E-state index in [2.05, 4.69) is 24.5 Å². The molecule has 0 bridgehead atoms. The Balaban J connectivity index is 1.96. The molecule has 0 spiro atoms. The number of carbonyl (C=O) groups is 2. The van der Waals surface area contributed by atoms with Gasteiger partial charge in [-0.1, -0.05) is 50.2 Å². The molecule has 0 aliphatic heterocycles. The second-order valence-corrected chi connectivity index (χ2v) is 6.97. The molecule has 0 saturated carbocycles. The molecule has 2 N–H and O–H groups in total. The molecule has 0 aromatic heterocycles. The van der Waals surface area contributed by atoms with E-state index in [0.29, 0.717) is 11.3 Å². The van der Waals surface area contributed by atoms with E-state index < -0.39 is 0 Å². The molecule has 5 nitrogen and oxygen atoms in total. The fraction of sp³-hybridized carbons (Fsp3) is 0.261. The Bertz CT molecular complexity index is 859. The van der Waals surface area contributed by atoms with Gasteiger partial charge in [0.25, 0.3) is 5.91 Å².